The number of azo groups is 2. The van der Waals surface area contributed by atoms with Gasteiger partial charge in [0.05, 0.1) is 0 Å². The molecule has 0 aromatic rings. The highest BCUT2D eigenvalue weighted by Gasteiger charge is 2.72. The first-order valence-electron chi connectivity index (χ1n) is 11.7. The Morgan fingerprint density at radius 3 is 2.15 bits per heavy atom. The molecule has 8 aliphatic rings. The molecule has 6 fully saturated rings. The number of hydrogen-bond acceptors (Lipinski definition) is 2. The second-order valence-corrected chi connectivity index (χ2v) is 12.6. The molecule has 0 spiro atoms. The quantitative estimate of drug-likeness (QED) is 0.592. The van der Waals surface area contributed by atoms with Crippen molar-refractivity contribution in [2.45, 2.75) is 109 Å². The summed E-state index contributed by atoms with van der Waals surface area (Å²) in [5.74, 6) is 5.44. The van der Waals surface area contributed by atoms with E-state index in [2.05, 4.69) is 51.2 Å². The van der Waals surface area contributed by atoms with Gasteiger partial charge in [-0.25, -0.2) is 5.01 Å². The molecule has 10 atom stereocenters. The van der Waals surface area contributed by atoms with Gasteiger partial charge in [0.2, 0.25) is 0 Å². The van der Waals surface area contributed by atoms with E-state index in [1.54, 1.807) is 0 Å². The van der Waals surface area contributed by atoms with Gasteiger partial charge in [-0.2, -0.15) is 5.43 Å². The van der Waals surface area contributed by atoms with Crippen molar-refractivity contribution in [2.24, 2.45) is 40.6 Å². The molecule has 0 unspecified atom stereocenters. The van der Waals surface area contributed by atoms with Crippen LogP contribution in [0.2, 0.25) is 0 Å². The minimum absolute atomic E-state index is 0.175. The van der Waals surface area contributed by atoms with Crippen LogP contribution in [0, 0.1) is 35.5 Å². The molecule has 8 rings (SSSR count). The standard InChI is InChI=1S/C23H38N4/c1-22(2,3)26-16-9-7-14(24-26)18-13-11-12(20(16)18)19-15-8-10-17(21(13)19)27(25-15)23(4,5)6/h12-21H,7-11H2,1-6H3/q+1/t12-,13-,14+,15+,16-,17-,18-,19-,20+,21+/m0/s1. The fourth-order valence-electron chi connectivity index (χ4n) is 8.89. The highest BCUT2D eigenvalue weighted by atomic mass is 15.6. The lowest BCUT2D eigenvalue weighted by Crippen LogP contribution is -2.71. The van der Waals surface area contributed by atoms with E-state index in [-0.39, 0.29) is 11.1 Å². The normalized spacial score (nSPS) is 53.5. The average molecular weight is 371 g/mol. The molecule has 1 radical (unpaired) electrons. The van der Waals surface area contributed by atoms with Crippen LogP contribution in [0.15, 0.2) is 5.11 Å². The van der Waals surface area contributed by atoms with Crippen LogP contribution < -0.4 is 5.43 Å². The van der Waals surface area contributed by atoms with Crippen LogP contribution in [0.3, 0.4) is 0 Å². The van der Waals surface area contributed by atoms with Crippen molar-refractivity contribution in [2.75, 3.05) is 0 Å². The maximum atomic E-state index is 5.35. The fourth-order valence-corrected chi connectivity index (χ4v) is 8.89. The zero-order valence-electron chi connectivity index (χ0n) is 18.1. The third kappa shape index (κ3) is 2.12. The summed E-state index contributed by atoms with van der Waals surface area (Å²) in [7, 11) is 0. The van der Waals surface area contributed by atoms with E-state index < -0.39 is 0 Å². The third-order valence-electron chi connectivity index (χ3n) is 9.25. The van der Waals surface area contributed by atoms with Gasteiger partial charge in [-0.1, -0.05) is 0 Å². The zero-order valence-corrected chi connectivity index (χ0v) is 18.1. The lowest BCUT2D eigenvalue weighted by molar-refractivity contribution is -0.713. The monoisotopic (exact) mass is 370 g/mol. The molecule has 149 valence electrons. The average Bonchev–Trinajstić information content (AvgIpc) is 3.21. The van der Waals surface area contributed by atoms with Crippen LogP contribution in [-0.4, -0.2) is 45.0 Å². The van der Waals surface area contributed by atoms with Crippen LogP contribution in [-0.2, 0) is 0 Å². The SMILES string of the molecule is CC(C)(C)N1[N][C@@H]2CC[C@H]1[C@H]1[C@H]3C[C@@H]([C@H]12)[C@H]1[C@@H]3[C@H]2CC[C@@H]1[N+](C(C)(C)C)=N2. The van der Waals surface area contributed by atoms with Gasteiger partial charge in [-0.05, 0) is 81.2 Å². The van der Waals surface area contributed by atoms with Crippen LogP contribution in [0.5, 0.6) is 0 Å². The van der Waals surface area contributed by atoms with E-state index in [4.69, 9.17) is 10.5 Å². The highest BCUT2D eigenvalue weighted by molar-refractivity contribution is 5.19. The predicted octanol–water partition coefficient (Wildman–Crippen LogP) is 4.07. The van der Waals surface area contributed by atoms with E-state index >= 15 is 0 Å². The molecule has 4 aliphatic heterocycles. The van der Waals surface area contributed by atoms with Crippen molar-refractivity contribution in [1.29, 1.82) is 0 Å². The molecular weight excluding hydrogens is 332 g/mol. The van der Waals surface area contributed by atoms with Crippen molar-refractivity contribution in [3.05, 3.63) is 0 Å². The highest BCUT2D eigenvalue weighted by Crippen LogP contribution is 2.69. The molecule has 0 amide bonds. The minimum atomic E-state index is 0.175. The molecule has 4 heteroatoms. The molecule has 0 aromatic heterocycles. The number of fused-ring (bicyclic) bond motifs is 5. The number of hydrogen-bond donors (Lipinski definition) is 0. The van der Waals surface area contributed by atoms with E-state index in [0.717, 1.165) is 35.5 Å². The van der Waals surface area contributed by atoms with Gasteiger partial charge in [-0.15, -0.1) is 4.70 Å². The molecule has 4 saturated carbocycles. The second kappa shape index (κ2) is 5.16. The van der Waals surface area contributed by atoms with Gasteiger partial charge >= 0.3 is 0 Å². The summed E-state index contributed by atoms with van der Waals surface area (Å²) in [6, 6.07) is 2.62. The van der Waals surface area contributed by atoms with Crippen molar-refractivity contribution >= 4 is 0 Å². The van der Waals surface area contributed by atoms with Gasteiger partial charge in [0.15, 0.2) is 11.6 Å². The molecule has 0 aromatic carbocycles. The number of nitrogens with zero attached hydrogens (tertiary/aromatic N) is 4. The molecule has 6 bridgehead atoms. The Morgan fingerprint density at radius 1 is 0.778 bits per heavy atom. The summed E-state index contributed by atoms with van der Waals surface area (Å²) in [5, 5.41) is 7.90. The first-order valence-corrected chi connectivity index (χ1v) is 11.7. The molecule has 4 nitrogen and oxygen atoms in total. The Kier molecular flexibility index (Phi) is 3.32. The van der Waals surface area contributed by atoms with Crippen molar-refractivity contribution in [1.82, 2.24) is 10.4 Å². The second-order valence-electron chi connectivity index (χ2n) is 12.6. The molecule has 4 heterocycles. The minimum Gasteiger partial charge on any atom is -0.218 e. The summed E-state index contributed by atoms with van der Waals surface area (Å²) in [4.78, 5) is 0. The van der Waals surface area contributed by atoms with Crippen LogP contribution in [0.4, 0.5) is 0 Å². The first-order chi connectivity index (χ1) is 12.7. The van der Waals surface area contributed by atoms with E-state index in [9.17, 15) is 0 Å². The van der Waals surface area contributed by atoms with Crippen LogP contribution >= 0.6 is 0 Å². The topological polar surface area (TPSA) is 32.7 Å². The number of rotatable bonds is 0. The molecular formula is C23H38N4+. The molecule has 0 N–H and O–H groups in total. The summed E-state index contributed by atoms with van der Waals surface area (Å²) >= 11 is 0. The maximum absolute atomic E-state index is 5.35. The molecule has 27 heavy (non-hydrogen) atoms. The molecule has 2 saturated heterocycles. The summed E-state index contributed by atoms with van der Waals surface area (Å²) in [6.45, 7) is 14.2. The van der Waals surface area contributed by atoms with Crippen LogP contribution in [0.25, 0.3) is 0 Å². The van der Waals surface area contributed by atoms with E-state index in [0.29, 0.717) is 24.2 Å². The zero-order chi connectivity index (χ0) is 18.9. The van der Waals surface area contributed by atoms with Gasteiger partial charge in [0.25, 0.3) is 0 Å². The smallest absolute Gasteiger partial charge is 0.182 e. The molecule has 4 aliphatic carbocycles. The Hall–Kier alpha value is -0.480. The summed E-state index contributed by atoms with van der Waals surface area (Å²) in [5.41, 5.74) is 5.70. The summed E-state index contributed by atoms with van der Waals surface area (Å²) < 4.78 is 2.55. The van der Waals surface area contributed by atoms with Crippen molar-refractivity contribution in [3.63, 3.8) is 0 Å². The van der Waals surface area contributed by atoms with E-state index in [1.165, 1.54) is 32.1 Å². The van der Waals surface area contributed by atoms with Gasteiger partial charge in [0, 0.05) is 50.7 Å². The predicted molar refractivity (Wildman–Crippen MR) is 105 cm³/mol. The van der Waals surface area contributed by atoms with Crippen molar-refractivity contribution < 1.29 is 4.70 Å². The third-order valence-corrected chi connectivity index (χ3v) is 9.25. The fraction of sp³-hybridized carbons (Fsp3) is 1.00. The van der Waals surface area contributed by atoms with Gasteiger partial charge < -0.3 is 0 Å². The lowest BCUT2D eigenvalue weighted by Gasteiger charge is -2.61. The Labute approximate surface area is 165 Å². The van der Waals surface area contributed by atoms with Crippen molar-refractivity contribution in [3.8, 4) is 0 Å². The Balaban J connectivity index is 1.38. The van der Waals surface area contributed by atoms with Gasteiger partial charge in [-0.3, -0.25) is 0 Å². The van der Waals surface area contributed by atoms with Gasteiger partial charge in [0.1, 0.15) is 6.04 Å². The largest absolute Gasteiger partial charge is 0.218 e. The summed E-state index contributed by atoms with van der Waals surface area (Å²) in [6.07, 6.45) is 6.95. The maximum Gasteiger partial charge on any atom is 0.182 e. The van der Waals surface area contributed by atoms with E-state index in [1.807, 2.05) is 0 Å². The Morgan fingerprint density at radius 2 is 1.44 bits per heavy atom. The lowest BCUT2D eigenvalue weighted by atomic mass is 9.53. The Bertz CT molecular complexity index is 685. The van der Waals surface area contributed by atoms with Crippen LogP contribution in [0.1, 0.15) is 73.6 Å². The first kappa shape index (κ1) is 17.4.